The van der Waals surface area contributed by atoms with Gasteiger partial charge in [-0.2, -0.15) is 0 Å². The molecule has 1 N–H and O–H groups in total. The molecule has 5 nitrogen and oxygen atoms in total. The first kappa shape index (κ1) is 19.0. The van der Waals surface area contributed by atoms with Crippen LogP contribution in [0.25, 0.3) is 0 Å². The lowest BCUT2D eigenvalue weighted by molar-refractivity contribution is -0.117. The largest absolute Gasteiger partial charge is 0.325 e. The van der Waals surface area contributed by atoms with Crippen LogP contribution in [0.2, 0.25) is 4.34 Å². The van der Waals surface area contributed by atoms with Crippen molar-refractivity contribution in [3.05, 3.63) is 51.2 Å². The van der Waals surface area contributed by atoms with Gasteiger partial charge in [0.15, 0.2) is 5.78 Å². The van der Waals surface area contributed by atoms with Crippen LogP contribution in [0.1, 0.15) is 22.2 Å². The van der Waals surface area contributed by atoms with Crippen LogP contribution in [-0.2, 0) is 11.3 Å². The van der Waals surface area contributed by atoms with E-state index < -0.39 is 0 Å². The SMILES string of the molecule is CC(=O)c1cccc(NC(=O)CN2CCN(Cc3ccc(Cl)s3)CC2)c1. The molecule has 1 aliphatic rings. The van der Waals surface area contributed by atoms with E-state index in [0.29, 0.717) is 17.8 Å². The Bertz CT molecular complexity index is 785. The van der Waals surface area contributed by atoms with Gasteiger partial charge in [0.05, 0.1) is 10.9 Å². The number of ketones is 1. The fourth-order valence-corrected chi connectivity index (χ4v) is 4.11. The van der Waals surface area contributed by atoms with Crippen molar-refractivity contribution in [3.8, 4) is 0 Å². The molecule has 0 atom stereocenters. The molecule has 0 saturated carbocycles. The molecule has 7 heteroatoms. The van der Waals surface area contributed by atoms with E-state index in [0.717, 1.165) is 37.1 Å². The van der Waals surface area contributed by atoms with Crippen molar-refractivity contribution in [2.24, 2.45) is 0 Å². The van der Waals surface area contributed by atoms with Gasteiger partial charge in [0.2, 0.25) is 5.91 Å². The van der Waals surface area contributed by atoms with E-state index in [1.54, 1.807) is 35.6 Å². The molecule has 3 rings (SSSR count). The van der Waals surface area contributed by atoms with Crippen molar-refractivity contribution in [1.82, 2.24) is 9.80 Å². The van der Waals surface area contributed by atoms with Gasteiger partial charge in [-0.25, -0.2) is 0 Å². The minimum absolute atomic E-state index is 0.00995. The molecule has 0 bridgehead atoms. The number of hydrogen-bond donors (Lipinski definition) is 1. The predicted octanol–water partition coefficient (Wildman–Crippen LogP) is 3.36. The van der Waals surface area contributed by atoms with E-state index in [9.17, 15) is 9.59 Å². The molecule has 0 unspecified atom stereocenters. The number of benzene rings is 1. The normalized spacial score (nSPS) is 15.8. The summed E-state index contributed by atoms with van der Waals surface area (Å²) in [6.45, 7) is 6.38. The van der Waals surface area contributed by atoms with Gasteiger partial charge in [-0.15, -0.1) is 11.3 Å². The molecule has 1 aromatic heterocycles. The van der Waals surface area contributed by atoms with Crippen LogP contribution >= 0.6 is 22.9 Å². The lowest BCUT2D eigenvalue weighted by Gasteiger charge is -2.34. The minimum Gasteiger partial charge on any atom is -0.325 e. The highest BCUT2D eigenvalue weighted by Crippen LogP contribution is 2.23. The summed E-state index contributed by atoms with van der Waals surface area (Å²) in [5.74, 6) is -0.0616. The van der Waals surface area contributed by atoms with E-state index in [2.05, 4.69) is 21.2 Å². The number of nitrogens with zero attached hydrogens (tertiary/aromatic N) is 2. The van der Waals surface area contributed by atoms with E-state index in [1.807, 2.05) is 6.07 Å². The van der Waals surface area contributed by atoms with Gasteiger partial charge in [0.25, 0.3) is 0 Å². The van der Waals surface area contributed by atoms with Crippen LogP contribution in [0.3, 0.4) is 0 Å². The number of piperazine rings is 1. The Morgan fingerprint density at radius 2 is 1.85 bits per heavy atom. The highest BCUT2D eigenvalue weighted by atomic mass is 35.5. The molecule has 1 amide bonds. The Labute approximate surface area is 162 Å². The van der Waals surface area contributed by atoms with Crippen LogP contribution < -0.4 is 5.32 Å². The average molecular weight is 392 g/mol. The Hall–Kier alpha value is -1.73. The van der Waals surface area contributed by atoms with Crippen molar-refractivity contribution in [2.75, 3.05) is 38.0 Å². The third-order valence-corrected chi connectivity index (χ3v) is 5.61. The summed E-state index contributed by atoms with van der Waals surface area (Å²) in [6.07, 6.45) is 0. The number of carbonyl (C=O) groups excluding carboxylic acids is 2. The molecule has 1 saturated heterocycles. The lowest BCUT2D eigenvalue weighted by Crippen LogP contribution is -2.48. The zero-order chi connectivity index (χ0) is 18.5. The fraction of sp³-hybridized carbons (Fsp3) is 0.368. The summed E-state index contributed by atoms with van der Waals surface area (Å²) >= 11 is 7.60. The number of rotatable bonds is 6. The number of nitrogens with one attached hydrogen (secondary N) is 1. The van der Waals surface area contributed by atoms with Crippen molar-refractivity contribution in [1.29, 1.82) is 0 Å². The first-order chi connectivity index (χ1) is 12.5. The monoisotopic (exact) mass is 391 g/mol. The first-order valence-electron chi connectivity index (χ1n) is 8.59. The number of carbonyl (C=O) groups is 2. The number of amides is 1. The van der Waals surface area contributed by atoms with Crippen molar-refractivity contribution in [2.45, 2.75) is 13.5 Å². The number of thiophene rings is 1. The molecule has 0 radical (unpaired) electrons. The minimum atomic E-state index is -0.0517. The smallest absolute Gasteiger partial charge is 0.238 e. The second kappa shape index (κ2) is 8.77. The highest BCUT2D eigenvalue weighted by Gasteiger charge is 2.19. The van der Waals surface area contributed by atoms with Gasteiger partial charge in [-0.1, -0.05) is 23.7 Å². The van der Waals surface area contributed by atoms with Crippen LogP contribution in [0.5, 0.6) is 0 Å². The van der Waals surface area contributed by atoms with E-state index in [-0.39, 0.29) is 11.7 Å². The van der Waals surface area contributed by atoms with E-state index in [1.165, 1.54) is 11.8 Å². The molecule has 2 heterocycles. The lowest BCUT2D eigenvalue weighted by atomic mass is 10.1. The zero-order valence-corrected chi connectivity index (χ0v) is 16.3. The third-order valence-electron chi connectivity index (χ3n) is 4.39. The predicted molar refractivity (Wildman–Crippen MR) is 106 cm³/mol. The summed E-state index contributed by atoms with van der Waals surface area (Å²) in [6, 6.07) is 11.0. The van der Waals surface area contributed by atoms with Crippen LogP contribution in [0.4, 0.5) is 5.69 Å². The fourth-order valence-electron chi connectivity index (χ4n) is 2.98. The van der Waals surface area contributed by atoms with Gasteiger partial charge in [-0.3, -0.25) is 19.4 Å². The van der Waals surface area contributed by atoms with E-state index >= 15 is 0 Å². The maximum atomic E-state index is 12.3. The van der Waals surface area contributed by atoms with Crippen molar-refractivity contribution >= 4 is 40.3 Å². The Kier molecular flexibility index (Phi) is 6.43. The average Bonchev–Trinajstić information content (AvgIpc) is 3.01. The number of anilines is 1. The summed E-state index contributed by atoms with van der Waals surface area (Å²) in [7, 11) is 0. The van der Waals surface area contributed by atoms with Gasteiger partial charge in [0, 0.05) is 48.9 Å². The maximum Gasteiger partial charge on any atom is 0.238 e. The summed E-state index contributed by atoms with van der Waals surface area (Å²) in [4.78, 5) is 29.5. The topological polar surface area (TPSA) is 52.7 Å². The molecule has 2 aromatic rings. The van der Waals surface area contributed by atoms with Gasteiger partial charge < -0.3 is 5.32 Å². The van der Waals surface area contributed by atoms with Gasteiger partial charge >= 0.3 is 0 Å². The third kappa shape index (κ3) is 5.38. The summed E-state index contributed by atoms with van der Waals surface area (Å²) in [5.41, 5.74) is 1.26. The Morgan fingerprint density at radius 3 is 2.50 bits per heavy atom. The zero-order valence-electron chi connectivity index (χ0n) is 14.7. The van der Waals surface area contributed by atoms with Crippen molar-refractivity contribution < 1.29 is 9.59 Å². The highest BCUT2D eigenvalue weighted by molar-refractivity contribution is 7.16. The Morgan fingerprint density at radius 1 is 1.12 bits per heavy atom. The number of Topliss-reactive ketones (excluding diaryl/α,β-unsaturated/α-hetero) is 1. The maximum absolute atomic E-state index is 12.3. The van der Waals surface area contributed by atoms with Crippen LogP contribution in [0.15, 0.2) is 36.4 Å². The molecular formula is C19H22ClN3O2S. The molecule has 26 heavy (non-hydrogen) atoms. The van der Waals surface area contributed by atoms with Crippen LogP contribution in [0, 0.1) is 0 Å². The van der Waals surface area contributed by atoms with Crippen molar-refractivity contribution in [3.63, 3.8) is 0 Å². The quantitative estimate of drug-likeness (QED) is 0.767. The molecule has 138 valence electrons. The van der Waals surface area contributed by atoms with E-state index in [4.69, 9.17) is 11.6 Å². The molecule has 1 fully saturated rings. The second-order valence-corrected chi connectivity index (χ2v) is 8.24. The molecular weight excluding hydrogens is 370 g/mol. The molecule has 0 spiro atoms. The summed E-state index contributed by atoms with van der Waals surface area (Å²) in [5, 5.41) is 2.88. The van der Waals surface area contributed by atoms with Gasteiger partial charge in [0.1, 0.15) is 0 Å². The Balaban J connectivity index is 1.44. The molecule has 0 aliphatic carbocycles. The number of hydrogen-bond acceptors (Lipinski definition) is 5. The molecule has 1 aliphatic heterocycles. The standard InChI is InChI=1S/C19H22ClN3O2S/c1-14(24)15-3-2-4-16(11-15)21-19(25)13-23-9-7-22(8-10-23)12-17-5-6-18(20)26-17/h2-6,11H,7-10,12-13H2,1H3,(H,21,25). The summed E-state index contributed by atoms with van der Waals surface area (Å²) < 4.78 is 0.823. The second-order valence-electron chi connectivity index (χ2n) is 6.44. The molecule has 1 aromatic carbocycles. The first-order valence-corrected chi connectivity index (χ1v) is 9.79. The number of halogens is 1. The van der Waals surface area contributed by atoms with Crippen LogP contribution in [-0.4, -0.2) is 54.2 Å². The van der Waals surface area contributed by atoms with Gasteiger partial charge in [-0.05, 0) is 31.2 Å².